The summed E-state index contributed by atoms with van der Waals surface area (Å²) in [5.41, 5.74) is 0. The Hall–Kier alpha value is -1.36. The Labute approximate surface area is 74.6 Å². The third-order valence-electron chi connectivity index (χ3n) is 1.82. The van der Waals surface area contributed by atoms with Gasteiger partial charge in [-0.2, -0.15) is 0 Å². The van der Waals surface area contributed by atoms with Crippen molar-refractivity contribution < 1.29 is 24.5 Å². The molecule has 2 atom stereocenters. The summed E-state index contributed by atoms with van der Waals surface area (Å²) < 4.78 is 5.02. The zero-order valence-electron chi connectivity index (χ0n) is 6.84. The second-order valence-corrected chi connectivity index (χ2v) is 2.77. The van der Waals surface area contributed by atoms with Gasteiger partial charge in [0.05, 0.1) is 25.0 Å². The van der Waals surface area contributed by atoms with E-state index in [1.165, 1.54) is 0 Å². The molecule has 0 radical (unpaired) electrons. The van der Waals surface area contributed by atoms with Crippen molar-refractivity contribution in [3.8, 4) is 0 Å². The van der Waals surface area contributed by atoms with Gasteiger partial charge in [0.25, 0.3) is 0 Å². The predicted molar refractivity (Wildman–Crippen MR) is 42.3 cm³/mol. The highest BCUT2D eigenvalue weighted by Gasteiger charge is 2.30. The molecule has 5 nitrogen and oxygen atoms in total. The van der Waals surface area contributed by atoms with Crippen molar-refractivity contribution in [2.75, 3.05) is 6.61 Å². The van der Waals surface area contributed by atoms with Crippen molar-refractivity contribution in [3.05, 3.63) is 12.2 Å². The van der Waals surface area contributed by atoms with Gasteiger partial charge in [0.1, 0.15) is 0 Å². The fourth-order valence-electron chi connectivity index (χ4n) is 1.19. The lowest BCUT2D eigenvalue weighted by Gasteiger charge is -2.15. The average Bonchev–Trinajstić information content (AvgIpc) is 2.50. The van der Waals surface area contributed by atoms with Gasteiger partial charge >= 0.3 is 11.9 Å². The minimum absolute atomic E-state index is 0.355. The molecule has 0 bridgehead atoms. The number of rotatable bonds is 4. The van der Waals surface area contributed by atoms with E-state index in [-0.39, 0.29) is 0 Å². The molecule has 0 aliphatic carbocycles. The average molecular weight is 186 g/mol. The number of carboxylic acid groups (broad SMARTS) is 2. The molecule has 13 heavy (non-hydrogen) atoms. The Morgan fingerprint density at radius 1 is 1.54 bits per heavy atom. The number of hydrogen-bond donors (Lipinski definition) is 2. The minimum Gasteiger partial charge on any atom is -0.481 e. The van der Waals surface area contributed by atoms with Gasteiger partial charge in [-0.05, 0) is 0 Å². The third-order valence-corrected chi connectivity index (χ3v) is 1.82. The van der Waals surface area contributed by atoms with Gasteiger partial charge in [0.15, 0.2) is 0 Å². The van der Waals surface area contributed by atoms with Gasteiger partial charge in [-0.1, -0.05) is 12.2 Å². The molecule has 1 aliphatic rings. The van der Waals surface area contributed by atoms with E-state index in [1.807, 2.05) is 0 Å². The second-order valence-electron chi connectivity index (χ2n) is 2.77. The lowest BCUT2D eigenvalue weighted by molar-refractivity contribution is -0.151. The quantitative estimate of drug-likeness (QED) is 0.609. The first-order valence-corrected chi connectivity index (χ1v) is 3.84. The van der Waals surface area contributed by atoms with Crippen LogP contribution >= 0.6 is 0 Å². The van der Waals surface area contributed by atoms with Gasteiger partial charge in [-0.3, -0.25) is 9.59 Å². The molecule has 0 aromatic carbocycles. The fourth-order valence-corrected chi connectivity index (χ4v) is 1.19. The van der Waals surface area contributed by atoms with Crippen molar-refractivity contribution in [3.63, 3.8) is 0 Å². The van der Waals surface area contributed by atoms with Crippen LogP contribution in [0.25, 0.3) is 0 Å². The summed E-state index contributed by atoms with van der Waals surface area (Å²) in [5, 5.41) is 17.2. The molecular weight excluding hydrogens is 176 g/mol. The zero-order chi connectivity index (χ0) is 9.84. The summed E-state index contributed by atoms with van der Waals surface area (Å²) in [6, 6.07) is 0. The molecule has 0 amide bonds. The Morgan fingerprint density at radius 2 is 2.23 bits per heavy atom. The summed E-state index contributed by atoms with van der Waals surface area (Å²) in [7, 11) is 0. The molecule has 0 spiro atoms. The number of hydrogen-bond acceptors (Lipinski definition) is 3. The van der Waals surface area contributed by atoms with Crippen molar-refractivity contribution in [2.24, 2.45) is 5.92 Å². The van der Waals surface area contributed by atoms with Crippen LogP contribution in [-0.2, 0) is 14.3 Å². The molecule has 1 rings (SSSR count). The SMILES string of the molecule is O=C(O)CC(C(=O)O)C1C=CCO1. The van der Waals surface area contributed by atoms with Crippen LogP contribution in [0.4, 0.5) is 0 Å². The summed E-state index contributed by atoms with van der Waals surface area (Å²) in [5.74, 6) is -3.26. The lowest BCUT2D eigenvalue weighted by atomic mass is 9.99. The summed E-state index contributed by atoms with van der Waals surface area (Å²) in [6.45, 7) is 0.355. The molecule has 1 heterocycles. The topological polar surface area (TPSA) is 83.8 Å². The normalized spacial score (nSPS) is 22.9. The first-order chi connectivity index (χ1) is 6.11. The minimum atomic E-state index is -1.14. The van der Waals surface area contributed by atoms with Gasteiger partial charge in [-0.15, -0.1) is 0 Å². The molecule has 0 fully saturated rings. The van der Waals surface area contributed by atoms with E-state index >= 15 is 0 Å². The molecular formula is C8H10O5. The molecule has 2 unspecified atom stereocenters. The molecule has 0 saturated heterocycles. The standard InChI is InChI=1S/C8H10O5/c9-7(10)4-5(8(11)12)6-2-1-3-13-6/h1-2,5-6H,3-4H2,(H,9,10)(H,11,12). The highest BCUT2D eigenvalue weighted by atomic mass is 16.5. The van der Waals surface area contributed by atoms with E-state index in [9.17, 15) is 9.59 Å². The predicted octanol–water partition coefficient (Wildman–Crippen LogP) is 0.117. The maximum Gasteiger partial charge on any atom is 0.310 e. The van der Waals surface area contributed by atoms with Gasteiger partial charge in [0.2, 0.25) is 0 Å². The van der Waals surface area contributed by atoms with Crippen LogP contribution in [-0.4, -0.2) is 34.9 Å². The van der Waals surface area contributed by atoms with Crippen LogP contribution in [0.2, 0.25) is 0 Å². The first kappa shape index (κ1) is 9.73. The van der Waals surface area contributed by atoms with Crippen LogP contribution in [0.3, 0.4) is 0 Å². The molecule has 2 N–H and O–H groups in total. The van der Waals surface area contributed by atoms with Gasteiger partial charge < -0.3 is 14.9 Å². The second kappa shape index (κ2) is 4.04. The lowest BCUT2D eigenvalue weighted by Crippen LogP contribution is -2.29. The molecule has 0 aromatic heterocycles. The van der Waals surface area contributed by atoms with E-state index in [0.29, 0.717) is 6.61 Å². The summed E-state index contributed by atoms with van der Waals surface area (Å²) >= 11 is 0. The Kier molecular flexibility index (Phi) is 3.02. The molecule has 5 heteroatoms. The number of carbonyl (C=O) groups is 2. The summed E-state index contributed by atoms with van der Waals surface area (Å²) in [4.78, 5) is 21.0. The van der Waals surface area contributed by atoms with Crippen LogP contribution in [0.1, 0.15) is 6.42 Å². The monoisotopic (exact) mass is 186 g/mol. The molecule has 72 valence electrons. The Morgan fingerprint density at radius 3 is 2.62 bits per heavy atom. The maximum absolute atomic E-state index is 10.6. The largest absolute Gasteiger partial charge is 0.481 e. The summed E-state index contributed by atoms with van der Waals surface area (Å²) in [6.07, 6.45) is 2.25. The highest BCUT2D eigenvalue weighted by molar-refractivity contribution is 5.78. The van der Waals surface area contributed by atoms with E-state index < -0.39 is 30.4 Å². The van der Waals surface area contributed by atoms with Crippen LogP contribution in [0.15, 0.2) is 12.2 Å². The van der Waals surface area contributed by atoms with Crippen LogP contribution in [0.5, 0.6) is 0 Å². The Bertz CT molecular complexity index is 245. The zero-order valence-corrected chi connectivity index (χ0v) is 6.84. The van der Waals surface area contributed by atoms with Crippen molar-refractivity contribution >= 4 is 11.9 Å². The smallest absolute Gasteiger partial charge is 0.310 e. The fraction of sp³-hybridized carbons (Fsp3) is 0.500. The van der Waals surface area contributed by atoms with E-state index in [4.69, 9.17) is 14.9 Å². The first-order valence-electron chi connectivity index (χ1n) is 3.84. The number of ether oxygens (including phenoxy) is 1. The molecule has 0 aromatic rings. The van der Waals surface area contributed by atoms with Crippen LogP contribution < -0.4 is 0 Å². The van der Waals surface area contributed by atoms with Crippen molar-refractivity contribution in [2.45, 2.75) is 12.5 Å². The highest BCUT2D eigenvalue weighted by Crippen LogP contribution is 2.18. The maximum atomic E-state index is 10.6. The van der Waals surface area contributed by atoms with Crippen molar-refractivity contribution in [1.29, 1.82) is 0 Å². The molecule has 0 saturated carbocycles. The van der Waals surface area contributed by atoms with E-state index in [1.54, 1.807) is 12.2 Å². The van der Waals surface area contributed by atoms with Gasteiger partial charge in [0, 0.05) is 0 Å². The van der Waals surface area contributed by atoms with Crippen LogP contribution in [0, 0.1) is 5.92 Å². The van der Waals surface area contributed by atoms with Crippen molar-refractivity contribution in [1.82, 2.24) is 0 Å². The van der Waals surface area contributed by atoms with Gasteiger partial charge in [-0.25, -0.2) is 0 Å². The third kappa shape index (κ3) is 2.55. The van der Waals surface area contributed by atoms with E-state index in [2.05, 4.69) is 0 Å². The van der Waals surface area contributed by atoms with E-state index in [0.717, 1.165) is 0 Å². The molecule has 1 aliphatic heterocycles. The Balaban J connectivity index is 2.61. The number of carboxylic acids is 2. The number of aliphatic carboxylic acids is 2.